The van der Waals surface area contributed by atoms with Gasteiger partial charge in [0.25, 0.3) is 0 Å². The summed E-state index contributed by atoms with van der Waals surface area (Å²) >= 11 is 0. The Balaban J connectivity index is 3.05. The van der Waals surface area contributed by atoms with Gasteiger partial charge in [0, 0.05) is 20.2 Å². The highest BCUT2D eigenvalue weighted by Crippen LogP contribution is 2.36. The molecular formula is C56H91N7O16Si. The van der Waals surface area contributed by atoms with Gasteiger partial charge in [0.15, 0.2) is 11.6 Å². The van der Waals surface area contributed by atoms with Gasteiger partial charge in [-0.25, -0.2) is 33.6 Å². The largest absolute Gasteiger partial charge is 0.465 e. The quantitative estimate of drug-likeness (QED) is 0.0572. The molecule has 0 aliphatic rings. The average molecular weight is 1150 g/mol. The van der Waals surface area contributed by atoms with Crippen molar-refractivity contribution in [3.05, 3.63) is 41.5 Å². The number of carbonyl (C=O) groups excluding carboxylic acids is 8. The van der Waals surface area contributed by atoms with Crippen LogP contribution in [0.25, 0.3) is 0 Å². The standard InChI is InChI=1S/C56H91N7O16Si/c1-51(2,3)74-45(66)61(46(67)75-52(4,5)6)40-38(30-27-33-57-39(42(64)72-34-35-80(19,20)21)31-25-26-32-58-44(65)73-36-37-28-23-22-24-29-37)41(62(47(68)76-53(7,8)9)48(69)77-54(10,11)12)60-43(59-40)63(49(70)78-55(13,14)15)50(71)79-56(16,17)18/h22-24,28-29,39,57H,25-27,30-36H2,1-21H3,(H,58,65). The summed E-state index contributed by atoms with van der Waals surface area (Å²) in [4.78, 5) is 124. The van der Waals surface area contributed by atoms with Crippen molar-refractivity contribution >= 4 is 74.3 Å². The molecular weight excluding hydrogens is 1050 g/mol. The molecule has 450 valence electrons. The summed E-state index contributed by atoms with van der Waals surface area (Å²) in [6.07, 6.45) is -8.05. The minimum Gasteiger partial charge on any atom is -0.465 e. The number of ether oxygens (including phenoxy) is 8. The van der Waals surface area contributed by atoms with E-state index in [1.54, 1.807) is 0 Å². The molecule has 7 amide bonds. The van der Waals surface area contributed by atoms with Gasteiger partial charge in [-0.1, -0.05) is 50.0 Å². The van der Waals surface area contributed by atoms with E-state index in [0.717, 1.165) is 5.56 Å². The maximum atomic E-state index is 14.7. The second-order valence-corrected chi connectivity index (χ2v) is 31.7. The van der Waals surface area contributed by atoms with Crippen LogP contribution in [0.4, 0.5) is 51.1 Å². The number of anilines is 3. The molecule has 2 aromatic rings. The Morgan fingerprint density at radius 3 is 1.27 bits per heavy atom. The number of hydrogen-bond donors (Lipinski definition) is 2. The number of carbonyl (C=O) groups is 8. The number of nitrogens with zero attached hydrogens (tertiary/aromatic N) is 5. The molecule has 24 heteroatoms. The van der Waals surface area contributed by atoms with Crippen LogP contribution in [-0.4, -0.2) is 126 Å². The van der Waals surface area contributed by atoms with Crippen molar-refractivity contribution in [2.24, 2.45) is 0 Å². The van der Waals surface area contributed by atoms with Gasteiger partial charge >= 0.3 is 48.6 Å². The second-order valence-electron chi connectivity index (χ2n) is 26.1. The maximum Gasteiger partial charge on any atom is 0.427 e. The fraction of sp³-hybridized carbons (Fsp3) is 0.679. The van der Waals surface area contributed by atoms with Crippen LogP contribution in [0.1, 0.15) is 161 Å². The van der Waals surface area contributed by atoms with Gasteiger partial charge in [-0.05, 0) is 175 Å². The summed E-state index contributed by atoms with van der Waals surface area (Å²) in [6.45, 7) is 34.5. The van der Waals surface area contributed by atoms with Crippen LogP contribution in [0.5, 0.6) is 0 Å². The number of unbranched alkanes of at least 4 members (excludes halogenated alkanes) is 1. The number of aromatic nitrogens is 2. The van der Waals surface area contributed by atoms with Crippen LogP contribution in [0.2, 0.25) is 25.7 Å². The molecule has 2 rings (SSSR count). The van der Waals surface area contributed by atoms with Crippen LogP contribution in [0, 0.1) is 0 Å². The molecule has 1 atom stereocenters. The monoisotopic (exact) mass is 1150 g/mol. The van der Waals surface area contributed by atoms with Crippen LogP contribution in [0.15, 0.2) is 30.3 Å². The van der Waals surface area contributed by atoms with Crippen molar-refractivity contribution in [2.75, 3.05) is 34.4 Å². The highest BCUT2D eigenvalue weighted by Gasteiger charge is 2.44. The van der Waals surface area contributed by atoms with E-state index >= 15 is 0 Å². The van der Waals surface area contributed by atoms with Gasteiger partial charge in [0.1, 0.15) is 46.3 Å². The van der Waals surface area contributed by atoms with Gasteiger partial charge in [0.2, 0.25) is 5.95 Å². The van der Waals surface area contributed by atoms with Gasteiger partial charge in [0.05, 0.1) is 6.61 Å². The average Bonchev–Trinajstić information content (AvgIpc) is 3.23. The smallest absolute Gasteiger partial charge is 0.427 e. The molecule has 1 heterocycles. The molecule has 0 bridgehead atoms. The summed E-state index contributed by atoms with van der Waals surface area (Å²) in [5, 5.41) is 5.98. The molecule has 1 aromatic heterocycles. The maximum absolute atomic E-state index is 14.7. The first-order valence-electron chi connectivity index (χ1n) is 26.9. The lowest BCUT2D eigenvalue weighted by atomic mass is 10.1. The van der Waals surface area contributed by atoms with E-state index in [1.165, 1.54) is 125 Å². The number of imide groups is 3. The summed E-state index contributed by atoms with van der Waals surface area (Å²) < 4.78 is 45.5. The molecule has 0 aliphatic carbocycles. The first kappa shape index (κ1) is 69.5. The Morgan fingerprint density at radius 1 is 0.512 bits per heavy atom. The normalized spacial score (nSPS) is 12.7. The molecule has 0 radical (unpaired) electrons. The second kappa shape index (κ2) is 28.7. The van der Waals surface area contributed by atoms with Gasteiger partial charge in [-0.15, -0.1) is 4.90 Å². The number of esters is 1. The fourth-order valence-electron chi connectivity index (χ4n) is 6.56. The van der Waals surface area contributed by atoms with Gasteiger partial charge < -0.3 is 48.5 Å². The Hall–Kier alpha value is -6.56. The zero-order valence-corrected chi connectivity index (χ0v) is 52.3. The van der Waals surface area contributed by atoms with E-state index in [-0.39, 0.29) is 56.0 Å². The summed E-state index contributed by atoms with van der Waals surface area (Å²) in [5.74, 6) is -2.92. The van der Waals surface area contributed by atoms with Crippen molar-refractivity contribution in [1.29, 1.82) is 0 Å². The number of nitrogens with one attached hydrogen (secondary N) is 2. The predicted octanol–water partition coefficient (Wildman–Crippen LogP) is 12.4. The van der Waals surface area contributed by atoms with Crippen molar-refractivity contribution in [2.45, 2.75) is 229 Å². The van der Waals surface area contributed by atoms with E-state index < -0.39 is 114 Å². The number of amides is 7. The van der Waals surface area contributed by atoms with Crippen molar-refractivity contribution in [3.8, 4) is 0 Å². The highest BCUT2D eigenvalue weighted by atomic mass is 28.3. The zero-order chi connectivity index (χ0) is 61.4. The van der Waals surface area contributed by atoms with Crippen molar-refractivity contribution in [3.63, 3.8) is 0 Å². The summed E-state index contributed by atoms with van der Waals surface area (Å²) in [5.41, 5.74) is -7.12. The number of alkyl carbamates (subject to hydrolysis) is 1. The van der Waals surface area contributed by atoms with E-state index in [4.69, 9.17) is 37.9 Å². The Labute approximate surface area is 474 Å². The number of rotatable bonds is 19. The van der Waals surface area contributed by atoms with E-state index in [0.29, 0.717) is 28.7 Å². The van der Waals surface area contributed by atoms with E-state index in [9.17, 15) is 38.4 Å². The number of hydrogen-bond acceptors (Lipinski definition) is 19. The van der Waals surface area contributed by atoms with Crippen LogP contribution >= 0.6 is 0 Å². The molecule has 0 spiro atoms. The van der Waals surface area contributed by atoms with E-state index in [2.05, 4.69) is 40.2 Å². The Morgan fingerprint density at radius 2 is 0.900 bits per heavy atom. The van der Waals surface area contributed by atoms with Crippen LogP contribution < -0.4 is 25.3 Å². The zero-order valence-electron chi connectivity index (χ0n) is 51.3. The van der Waals surface area contributed by atoms with Crippen molar-refractivity contribution < 1.29 is 76.3 Å². The third-order valence-electron chi connectivity index (χ3n) is 9.81. The SMILES string of the molecule is CC(C)(C)OC(=O)N(C(=O)OC(C)(C)C)c1nc(N(C(=O)OC(C)(C)C)C(=O)OC(C)(C)C)c(CCCNC(CCCCNC(=O)OCc2ccccc2)C(=O)OCC[Si](C)(C)C)c(N(C(=O)OC(C)(C)C)C(=O)OC(C)(C)C)n1. The first-order valence-corrected chi connectivity index (χ1v) is 30.6. The minimum absolute atomic E-state index is 0.00181. The lowest BCUT2D eigenvalue weighted by Gasteiger charge is -2.33. The molecule has 1 aromatic carbocycles. The number of benzene rings is 1. The Bertz CT molecular complexity index is 2280. The third kappa shape index (κ3) is 27.1. The molecule has 0 aliphatic heterocycles. The van der Waals surface area contributed by atoms with Crippen LogP contribution in [0.3, 0.4) is 0 Å². The van der Waals surface area contributed by atoms with Crippen LogP contribution in [-0.2, 0) is 55.7 Å². The van der Waals surface area contributed by atoms with Gasteiger partial charge in [-0.2, -0.15) is 19.8 Å². The fourth-order valence-corrected chi connectivity index (χ4v) is 7.28. The molecule has 0 fully saturated rings. The minimum atomic E-state index is -1.62. The molecule has 1 unspecified atom stereocenters. The Kier molecular flexibility index (Phi) is 25.0. The predicted molar refractivity (Wildman–Crippen MR) is 305 cm³/mol. The molecule has 0 saturated heterocycles. The summed E-state index contributed by atoms with van der Waals surface area (Å²) in [7, 11) is -1.62. The lowest BCUT2D eigenvalue weighted by molar-refractivity contribution is -0.145. The highest BCUT2D eigenvalue weighted by molar-refractivity contribution is 6.76. The first-order chi connectivity index (χ1) is 36.4. The lowest BCUT2D eigenvalue weighted by Crippen LogP contribution is -2.48. The molecule has 2 N–H and O–H groups in total. The summed E-state index contributed by atoms with van der Waals surface area (Å²) in [6, 6.07) is 9.05. The topological polar surface area (TPSA) is 270 Å². The van der Waals surface area contributed by atoms with Crippen molar-refractivity contribution in [1.82, 2.24) is 20.6 Å². The third-order valence-corrected chi connectivity index (χ3v) is 11.5. The molecule has 0 saturated carbocycles. The van der Waals surface area contributed by atoms with Gasteiger partial charge in [-0.3, -0.25) is 4.79 Å². The molecule has 80 heavy (non-hydrogen) atoms. The molecule has 23 nitrogen and oxygen atoms in total. The van der Waals surface area contributed by atoms with E-state index in [1.807, 2.05) is 30.3 Å².